The predicted octanol–water partition coefficient (Wildman–Crippen LogP) is 3.80. The Morgan fingerprint density at radius 3 is 2.32 bits per heavy atom. The molecule has 118 valence electrons. The van der Waals surface area contributed by atoms with Crippen molar-refractivity contribution < 1.29 is 9.59 Å². The molecule has 4 nitrogen and oxygen atoms in total. The Bertz CT molecular complexity index is 625. The maximum Gasteiger partial charge on any atom is 0.269 e. The fourth-order valence-electron chi connectivity index (χ4n) is 2.49. The monoisotopic (exact) mass is 404 g/mol. The molecule has 1 aromatic carbocycles. The SMILES string of the molecule is CC1(C)[C@H](C=C(Cl)Cl)[C@H]1C(=O)NNC(=O)c1ccc(Br)cc1. The van der Waals surface area contributed by atoms with Crippen molar-refractivity contribution in [1.29, 1.82) is 0 Å². The van der Waals surface area contributed by atoms with Crippen molar-refractivity contribution in [2.75, 3.05) is 0 Å². The molecule has 0 spiro atoms. The highest BCUT2D eigenvalue weighted by Gasteiger charge is 2.60. The van der Waals surface area contributed by atoms with Crippen molar-refractivity contribution in [3.05, 3.63) is 44.9 Å². The summed E-state index contributed by atoms with van der Waals surface area (Å²) in [4.78, 5) is 24.1. The summed E-state index contributed by atoms with van der Waals surface area (Å²) in [5.41, 5.74) is 5.08. The average Bonchev–Trinajstić information content (AvgIpc) is 2.96. The van der Waals surface area contributed by atoms with Crippen LogP contribution in [-0.2, 0) is 4.79 Å². The van der Waals surface area contributed by atoms with Crippen LogP contribution in [0.3, 0.4) is 0 Å². The third kappa shape index (κ3) is 3.83. The maximum absolute atomic E-state index is 12.2. The standard InChI is InChI=1S/C15H15BrCl2N2O2/c1-15(2)10(7-11(17)18)12(15)14(22)20-19-13(21)8-3-5-9(16)6-4-8/h3-7,10,12H,1-2H3,(H,19,21)(H,20,22)/t10-,12+/m1/s1. The summed E-state index contributed by atoms with van der Waals surface area (Å²) in [6.07, 6.45) is 1.66. The number of allylic oxidation sites excluding steroid dienone is 1. The first kappa shape index (κ1) is 17.3. The first-order valence-electron chi connectivity index (χ1n) is 6.62. The van der Waals surface area contributed by atoms with Crippen LogP contribution in [0.15, 0.2) is 39.3 Å². The zero-order valence-corrected chi connectivity index (χ0v) is 15.1. The minimum absolute atomic E-state index is 0.0397. The van der Waals surface area contributed by atoms with Crippen molar-refractivity contribution in [2.45, 2.75) is 13.8 Å². The van der Waals surface area contributed by atoms with Gasteiger partial charge in [0.15, 0.2) is 0 Å². The van der Waals surface area contributed by atoms with E-state index in [1.807, 2.05) is 13.8 Å². The number of benzene rings is 1. The smallest absolute Gasteiger partial charge is 0.269 e. The Hall–Kier alpha value is -1.04. The second-order valence-corrected chi connectivity index (χ2v) is 7.65. The summed E-state index contributed by atoms with van der Waals surface area (Å²) in [5, 5.41) is 0. The van der Waals surface area contributed by atoms with E-state index in [2.05, 4.69) is 26.8 Å². The van der Waals surface area contributed by atoms with Crippen LogP contribution in [0.2, 0.25) is 0 Å². The van der Waals surface area contributed by atoms with Crippen LogP contribution in [-0.4, -0.2) is 11.8 Å². The lowest BCUT2D eigenvalue weighted by atomic mass is 10.1. The van der Waals surface area contributed by atoms with Gasteiger partial charge in [-0.25, -0.2) is 0 Å². The summed E-state index contributed by atoms with van der Waals surface area (Å²) >= 11 is 14.6. The van der Waals surface area contributed by atoms with Crippen LogP contribution in [0.5, 0.6) is 0 Å². The highest BCUT2D eigenvalue weighted by molar-refractivity contribution is 9.10. The number of rotatable bonds is 3. The van der Waals surface area contributed by atoms with Gasteiger partial charge in [-0.1, -0.05) is 53.0 Å². The van der Waals surface area contributed by atoms with Gasteiger partial charge in [-0.05, 0) is 41.7 Å². The Morgan fingerprint density at radius 1 is 1.18 bits per heavy atom. The summed E-state index contributed by atoms with van der Waals surface area (Å²) in [6.45, 7) is 3.90. The quantitative estimate of drug-likeness (QED) is 0.751. The van der Waals surface area contributed by atoms with Gasteiger partial charge < -0.3 is 0 Å². The van der Waals surface area contributed by atoms with Crippen LogP contribution >= 0.6 is 39.1 Å². The molecule has 1 saturated carbocycles. The molecule has 1 fully saturated rings. The molecule has 0 heterocycles. The van der Waals surface area contributed by atoms with E-state index in [4.69, 9.17) is 23.2 Å². The van der Waals surface area contributed by atoms with E-state index in [1.165, 1.54) is 0 Å². The van der Waals surface area contributed by atoms with E-state index in [0.717, 1.165) is 4.47 Å². The molecular formula is C15H15BrCl2N2O2. The van der Waals surface area contributed by atoms with E-state index < -0.39 is 0 Å². The van der Waals surface area contributed by atoms with Gasteiger partial charge >= 0.3 is 0 Å². The Labute approximate surface area is 147 Å². The lowest BCUT2D eigenvalue weighted by Crippen LogP contribution is -2.43. The third-order valence-electron chi connectivity index (χ3n) is 3.90. The molecule has 2 atom stereocenters. The third-order valence-corrected chi connectivity index (χ3v) is 4.68. The van der Waals surface area contributed by atoms with Gasteiger partial charge in [-0.2, -0.15) is 0 Å². The second kappa shape index (κ2) is 6.60. The Balaban J connectivity index is 1.92. The number of carbonyl (C=O) groups is 2. The van der Waals surface area contributed by atoms with Crippen LogP contribution in [0.1, 0.15) is 24.2 Å². The number of nitrogens with one attached hydrogen (secondary N) is 2. The topological polar surface area (TPSA) is 58.2 Å². The van der Waals surface area contributed by atoms with Gasteiger partial charge in [0.25, 0.3) is 5.91 Å². The summed E-state index contributed by atoms with van der Waals surface area (Å²) in [5.74, 6) is -0.944. The van der Waals surface area contributed by atoms with E-state index in [1.54, 1.807) is 30.3 Å². The minimum atomic E-state index is -0.373. The lowest BCUT2D eigenvalue weighted by Gasteiger charge is -2.08. The molecule has 2 rings (SSSR count). The molecule has 1 aliphatic carbocycles. The Morgan fingerprint density at radius 2 is 1.77 bits per heavy atom. The van der Waals surface area contributed by atoms with Gasteiger partial charge in [0.05, 0.1) is 5.92 Å². The van der Waals surface area contributed by atoms with Crippen molar-refractivity contribution in [1.82, 2.24) is 10.9 Å². The molecule has 0 unspecified atom stereocenters. The molecule has 0 bridgehead atoms. The maximum atomic E-state index is 12.2. The molecular weight excluding hydrogens is 391 g/mol. The zero-order chi connectivity index (χ0) is 16.5. The molecule has 2 amide bonds. The minimum Gasteiger partial charge on any atom is -0.273 e. The van der Waals surface area contributed by atoms with Gasteiger partial charge in [0, 0.05) is 10.0 Å². The molecule has 0 aromatic heterocycles. The average molecular weight is 406 g/mol. The number of carbonyl (C=O) groups excluding carboxylic acids is 2. The molecule has 0 aliphatic heterocycles. The van der Waals surface area contributed by atoms with E-state index in [-0.39, 0.29) is 33.6 Å². The Kier molecular flexibility index (Phi) is 5.20. The van der Waals surface area contributed by atoms with Gasteiger partial charge in [0.2, 0.25) is 5.91 Å². The van der Waals surface area contributed by atoms with Gasteiger partial charge in [-0.3, -0.25) is 20.4 Å². The van der Waals surface area contributed by atoms with E-state index in [0.29, 0.717) is 5.56 Å². The van der Waals surface area contributed by atoms with Crippen LogP contribution in [0.25, 0.3) is 0 Å². The fourth-order valence-corrected chi connectivity index (χ4v) is 3.03. The molecule has 2 N–H and O–H groups in total. The predicted molar refractivity (Wildman–Crippen MR) is 90.3 cm³/mol. The van der Waals surface area contributed by atoms with Gasteiger partial charge in [-0.15, -0.1) is 0 Å². The highest BCUT2D eigenvalue weighted by Crippen LogP contribution is 2.59. The van der Waals surface area contributed by atoms with Gasteiger partial charge in [0.1, 0.15) is 4.49 Å². The van der Waals surface area contributed by atoms with Crippen molar-refractivity contribution in [3.63, 3.8) is 0 Å². The number of halogens is 3. The number of hydrazine groups is 1. The van der Waals surface area contributed by atoms with Crippen molar-refractivity contribution in [3.8, 4) is 0 Å². The summed E-state index contributed by atoms with van der Waals surface area (Å²) < 4.78 is 1.02. The van der Waals surface area contributed by atoms with Crippen LogP contribution in [0.4, 0.5) is 0 Å². The van der Waals surface area contributed by atoms with E-state index >= 15 is 0 Å². The summed E-state index contributed by atoms with van der Waals surface area (Å²) in [6, 6.07) is 6.82. The lowest BCUT2D eigenvalue weighted by molar-refractivity contribution is -0.123. The summed E-state index contributed by atoms with van der Waals surface area (Å²) in [7, 11) is 0. The van der Waals surface area contributed by atoms with Crippen LogP contribution in [0, 0.1) is 17.3 Å². The van der Waals surface area contributed by atoms with Crippen molar-refractivity contribution in [2.24, 2.45) is 17.3 Å². The molecule has 1 aromatic rings. The molecule has 0 saturated heterocycles. The highest BCUT2D eigenvalue weighted by atomic mass is 79.9. The fraction of sp³-hybridized carbons (Fsp3) is 0.333. The molecule has 7 heteroatoms. The largest absolute Gasteiger partial charge is 0.273 e. The number of hydrogen-bond acceptors (Lipinski definition) is 2. The number of hydrogen-bond donors (Lipinski definition) is 2. The zero-order valence-electron chi connectivity index (χ0n) is 12.0. The first-order valence-corrected chi connectivity index (χ1v) is 8.17. The normalized spacial score (nSPS) is 21.7. The molecule has 22 heavy (non-hydrogen) atoms. The van der Waals surface area contributed by atoms with E-state index in [9.17, 15) is 9.59 Å². The number of amides is 2. The first-order chi connectivity index (χ1) is 10.2. The van der Waals surface area contributed by atoms with Crippen LogP contribution < -0.4 is 10.9 Å². The second-order valence-electron chi connectivity index (χ2n) is 5.73. The molecule has 0 radical (unpaired) electrons. The van der Waals surface area contributed by atoms with Crippen molar-refractivity contribution >= 4 is 50.9 Å². The molecule has 1 aliphatic rings.